The second kappa shape index (κ2) is 12.0. The standard InChI is InChI=1S/C55H35NO2S/c1-55(2)42-21-8-5-16-35(42)36-26-25-33(31-43(36)55)56(44-22-11-14-32-13-3-4-15-34(32)44)45-28-27-40-52-48(30-29-47-51(52)39-18-6-9-23-46(39)57-47)58-53(40)50(45)41-20-12-19-38-37-17-7-10-24-49(37)59-54(38)41/h3-31H,1-2H3. The van der Waals surface area contributed by atoms with Crippen LogP contribution >= 0.6 is 11.3 Å². The van der Waals surface area contributed by atoms with Crippen LogP contribution in [0.2, 0.25) is 0 Å². The van der Waals surface area contributed by atoms with Crippen LogP contribution in [-0.4, -0.2) is 0 Å². The summed E-state index contributed by atoms with van der Waals surface area (Å²) in [4.78, 5) is 2.48. The van der Waals surface area contributed by atoms with E-state index in [1.165, 1.54) is 53.2 Å². The maximum atomic E-state index is 7.22. The number of rotatable bonds is 4. The molecule has 9 aromatic carbocycles. The first kappa shape index (κ1) is 32.9. The van der Waals surface area contributed by atoms with Gasteiger partial charge in [-0.15, -0.1) is 11.3 Å². The van der Waals surface area contributed by atoms with Gasteiger partial charge in [0.15, 0.2) is 0 Å². The molecule has 1 aliphatic rings. The number of para-hydroxylation sites is 1. The Kier molecular flexibility index (Phi) is 6.66. The molecule has 3 heterocycles. The monoisotopic (exact) mass is 773 g/mol. The van der Waals surface area contributed by atoms with Gasteiger partial charge < -0.3 is 13.7 Å². The predicted molar refractivity (Wildman–Crippen MR) is 249 cm³/mol. The van der Waals surface area contributed by atoms with Crippen LogP contribution in [0.3, 0.4) is 0 Å². The Hall–Kier alpha value is -7.14. The fourth-order valence-electron chi connectivity index (χ4n) is 10.2. The molecule has 0 fully saturated rings. The second-order valence-corrected chi connectivity index (χ2v) is 17.4. The Labute approximate surface area is 344 Å². The zero-order valence-corrected chi connectivity index (χ0v) is 33.2. The van der Waals surface area contributed by atoms with E-state index >= 15 is 0 Å². The Morgan fingerprint density at radius 2 is 1.14 bits per heavy atom. The van der Waals surface area contributed by atoms with Crippen molar-refractivity contribution >= 4 is 103 Å². The van der Waals surface area contributed by atoms with Gasteiger partial charge in [-0.05, 0) is 82.2 Å². The zero-order chi connectivity index (χ0) is 39.0. The second-order valence-electron chi connectivity index (χ2n) is 16.4. The molecular formula is C55H35NO2S. The lowest BCUT2D eigenvalue weighted by atomic mass is 9.82. The third-order valence-electron chi connectivity index (χ3n) is 12.9. The average Bonchev–Trinajstić information content (AvgIpc) is 4.02. The van der Waals surface area contributed by atoms with Crippen LogP contribution in [0, 0.1) is 0 Å². The van der Waals surface area contributed by atoms with Crippen LogP contribution in [0.5, 0.6) is 0 Å². The van der Waals surface area contributed by atoms with Crippen molar-refractivity contribution in [2.45, 2.75) is 19.3 Å². The molecule has 0 radical (unpaired) electrons. The van der Waals surface area contributed by atoms with E-state index in [0.29, 0.717) is 0 Å². The van der Waals surface area contributed by atoms with Crippen LogP contribution < -0.4 is 4.90 Å². The minimum atomic E-state index is -0.167. The maximum Gasteiger partial charge on any atom is 0.145 e. The number of anilines is 3. The van der Waals surface area contributed by atoms with Crippen LogP contribution in [-0.2, 0) is 5.41 Å². The highest BCUT2D eigenvalue weighted by Gasteiger charge is 2.36. The number of thiophene rings is 1. The van der Waals surface area contributed by atoms with Gasteiger partial charge >= 0.3 is 0 Å². The fraction of sp³-hybridized carbons (Fsp3) is 0.0545. The van der Waals surface area contributed by atoms with Crippen molar-refractivity contribution in [2.75, 3.05) is 4.90 Å². The molecule has 4 heteroatoms. The minimum Gasteiger partial charge on any atom is -0.456 e. The van der Waals surface area contributed by atoms with Crippen LogP contribution in [0.1, 0.15) is 25.0 Å². The quantitative estimate of drug-likeness (QED) is 0.178. The van der Waals surface area contributed by atoms with Crippen molar-refractivity contribution in [1.29, 1.82) is 0 Å². The number of furan rings is 2. The SMILES string of the molecule is CC1(C)c2ccccc2-c2ccc(N(c3ccc4c(oc5ccc6oc7ccccc7c6c54)c3-c3cccc4c3sc3ccccc34)c3cccc4ccccc34)cc21. The smallest absolute Gasteiger partial charge is 0.145 e. The Morgan fingerprint density at radius 3 is 2.05 bits per heavy atom. The van der Waals surface area contributed by atoms with Crippen LogP contribution in [0.25, 0.3) is 97.1 Å². The highest BCUT2D eigenvalue weighted by atomic mass is 32.1. The summed E-state index contributed by atoms with van der Waals surface area (Å²) >= 11 is 1.85. The van der Waals surface area contributed by atoms with Crippen LogP contribution in [0.15, 0.2) is 185 Å². The molecule has 3 nitrogen and oxygen atoms in total. The number of hydrogen-bond acceptors (Lipinski definition) is 4. The normalized spacial score (nSPS) is 13.4. The largest absolute Gasteiger partial charge is 0.456 e. The lowest BCUT2D eigenvalue weighted by Gasteiger charge is -2.30. The first-order chi connectivity index (χ1) is 29.0. The van der Waals surface area contributed by atoms with E-state index < -0.39 is 0 Å². The Morgan fingerprint density at radius 1 is 0.458 bits per heavy atom. The summed E-state index contributed by atoms with van der Waals surface area (Å²) in [6.45, 7) is 4.72. The van der Waals surface area contributed by atoms with E-state index in [9.17, 15) is 0 Å². The summed E-state index contributed by atoms with van der Waals surface area (Å²) in [6, 6.07) is 63.9. The maximum absolute atomic E-state index is 7.22. The van der Waals surface area contributed by atoms with Crippen molar-refractivity contribution in [1.82, 2.24) is 0 Å². The fourth-order valence-corrected chi connectivity index (χ4v) is 11.4. The molecule has 12 aromatic rings. The van der Waals surface area contributed by atoms with E-state index in [2.05, 4.69) is 183 Å². The molecule has 13 rings (SSSR count). The van der Waals surface area contributed by atoms with Gasteiger partial charge in [-0.2, -0.15) is 0 Å². The van der Waals surface area contributed by atoms with Crippen molar-refractivity contribution in [3.63, 3.8) is 0 Å². The number of hydrogen-bond donors (Lipinski definition) is 0. The topological polar surface area (TPSA) is 29.5 Å². The van der Waals surface area contributed by atoms with Gasteiger partial charge in [-0.25, -0.2) is 0 Å². The molecule has 0 saturated carbocycles. The molecule has 0 bridgehead atoms. The van der Waals surface area contributed by atoms with Gasteiger partial charge in [0.2, 0.25) is 0 Å². The molecule has 0 amide bonds. The van der Waals surface area contributed by atoms with Gasteiger partial charge in [0.25, 0.3) is 0 Å². The molecule has 0 aliphatic heterocycles. The molecular weight excluding hydrogens is 739 g/mol. The molecule has 3 aromatic heterocycles. The van der Waals surface area contributed by atoms with E-state index in [4.69, 9.17) is 8.83 Å². The summed E-state index contributed by atoms with van der Waals surface area (Å²) < 4.78 is 16.2. The predicted octanol–water partition coefficient (Wildman–Crippen LogP) is 16.4. The van der Waals surface area contributed by atoms with Crippen molar-refractivity contribution < 1.29 is 8.83 Å². The lowest BCUT2D eigenvalue weighted by Crippen LogP contribution is -2.17. The van der Waals surface area contributed by atoms with Crippen molar-refractivity contribution in [2.24, 2.45) is 0 Å². The molecule has 0 N–H and O–H groups in total. The molecule has 0 saturated heterocycles. The summed E-state index contributed by atoms with van der Waals surface area (Å²) in [7, 11) is 0. The summed E-state index contributed by atoms with van der Waals surface area (Å²) in [5.74, 6) is 0. The Balaban J connectivity index is 1.18. The van der Waals surface area contributed by atoms with E-state index in [-0.39, 0.29) is 5.41 Å². The summed E-state index contributed by atoms with van der Waals surface area (Å²) in [5, 5.41) is 9.21. The van der Waals surface area contributed by atoms with Gasteiger partial charge in [-0.1, -0.05) is 135 Å². The Bertz CT molecular complexity index is 3720. The molecule has 278 valence electrons. The summed E-state index contributed by atoms with van der Waals surface area (Å²) in [5.41, 5.74) is 14.1. The van der Waals surface area contributed by atoms with Gasteiger partial charge in [0.05, 0.1) is 16.9 Å². The molecule has 1 aliphatic carbocycles. The minimum absolute atomic E-state index is 0.167. The molecule has 59 heavy (non-hydrogen) atoms. The van der Waals surface area contributed by atoms with E-state index in [1.807, 2.05) is 23.5 Å². The third-order valence-corrected chi connectivity index (χ3v) is 14.1. The highest BCUT2D eigenvalue weighted by molar-refractivity contribution is 7.26. The lowest BCUT2D eigenvalue weighted by molar-refractivity contribution is 0.660. The van der Waals surface area contributed by atoms with E-state index in [1.54, 1.807) is 0 Å². The number of nitrogens with zero attached hydrogens (tertiary/aromatic N) is 1. The number of fused-ring (bicyclic) bond motifs is 14. The van der Waals surface area contributed by atoms with Crippen molar-refractivity contribution in [3.8, 4) is 22.3 Å². The average molecular weight is 774 g/mol. The molecule has 0 unspecified atom stereocenters. The highest BCUT2D eigenvalue weighted by Crippen LogP contribution is 2.54. The molecule has 0 atom stereocenters. The van der Waals surface area contributed by atoms with Gasteiger partial charge in [0.1, 0.15) is 22.3 Å². The number of benzene rings is 9. The van der Waals surface area contributed by atoms with E-state index in [0.717, 1.165) is 72.1 Å². The third kappa shape index (κ3) is 4.52. The first-order valence-electron chi connectivity index (χ1n) is 20.3. The molecule has 0 spiro atoms. The van der Waals surface area contributed by atoms with Crippen LogP contribution in [0.4, 0.5) is 17.1 Å². The van der Waals surface area contributed by atoms with Gasteiger partial charge in [0, 0.05) is 63.8 Å². The zero-order valence-electron chi connectivity index (χ0n) is 32.4. The van der Waals surface area contributed by atoms with Gasteiger partial charge in [-0.3, -0.25) is 0 Å². The van der Waals surface area contributed by atoms with Crippen molar-refractivity contribution in [3.05, 3.63) is 187 Å². The summed E-state index contributed by atoms with van der Waals surface area (Å²) in [6.07, 6.45) is 0. The first-order valence-corrected chi connectivity index (χ1v) is 21.1.